The standard InChI is InChI=1S/C14H16N4O2/c1-18(10-11-6-3-4-8-15-11)14(19)17-12-7-5-9-16-13(12)20-2/h3-9H,10H2,1-2H3,(H,17,19). The Morgan fingerprint density at radius 1 is 1.25 bits per heavy atom. The molecule has 0 bridgehead atoms. The zero-order chi connectivity index (χ0) is 14.4. The average molecular weight is 272 g/mol. The average Bonchev–Trinajstić information content (AvgIpc) is 2.48. The van der Waals surface area contributed by atoms with E-state index in [4.69, 9.17) is 4.74 Å². The molecule has 2 rings (SSSR count). The molecule has 0 saturated carbocycles. The third kappa shape index (κ3) is 3.44. The second kappa shape index (κ2) is 6.51. The molecule has 2 aromatic rings. The molecule has 0 spiro atoms. The Kier molecular flexibility index (Phi) is 4.49. The molecule has 1 N–H and O–H groups in total. The van der Waals surface area contributed by atoms with E-state index < -0.39 is 0 Å². The van der Waals surface area contributed by atoms with Gasteiger partial charge < -0.3 is 15.0 Å². The lowest BCUT2D eigenvalue weighted by atomic mass is 10.3. The molecule has 0 aliphatic carbocycles. The molecule has 0 fully saturated rings. The molecule has 2 aromatic heterocycles. The van der Waals surface area contributed by atoms with Crippen LogP contribution in [0.2, 0.25) is 0 Å². The number of urea groups is 1. The van der Waals surface area contributed by atoms with Crippen LogP contribution in [0, 0.1) is 0 Å². The number of aromatic nitrogens is 2. The maximum atomic E-state index is 12.1. The fourth-order valence-electron chi connectivity index (χ4n) is 1.67. The van der Waals surface area contributed by atoms with Crippen molar-refractivity contribution in [3.05, 3.63) is 48.4 Å². The lowest BCUT2D eigenvalue weighted by Gasteiger charge is -2.18. The van der Waals surface area contributed by atoms with E-state index in [1.54, 1.807) is 31.6 Å². The molecular formula is C14H16N4O2. The first-order valence-electron chi connectivity index (χ1n) is 6.11. The molecule has 0 atom stereocenters. The number of pyridine rings is 2. The van der Waals surface area contributed by atoms with Crippen LogP contribution in [0.3, 0.4) is 0 Å². The lowest BCUT2D eigenvalue weighted by Crippen LogP contribution is -2.31. The summed E-state index contributed by atoms with van der Waals surface area (Å²) in [6, 6.07) is 8.81. The van der Waals surface area contributed by atoms with Crippen LogP contribution in [-0.2, 0) is 6.54 Å². The number of amides is 2. The first-order chi connectivity index (χ1) is 9.70. The summed E-state index contributed by atoms with van der Waals surface area (Å²) < 4.78 is 5.09. The van der Waals surface area contributed by atoms with Crippen LogP contribution in [0.15, 0.2) is 42.7 Å². The summed E-state index contributed by atoms with van der Waals surface area (Å²) in [5.41, 5.74) is 1.36. The van der Waals surface area contributed by atoms with Gasteiger partial charge in [0.1, 0.15) is 5.69 Å². The van der Waals surface area contributed by atoms with Gasteiger partial charge >= 0.3 is 6.03 Å². The van der Waals surface area contributed by atoms with Crippen molar-refractivity contribution in [2.45, 2.75) is 6.54 Å². The number of rotatable bonds is 4. The van der Waals surface area contributed by atoms with Gasteiger partial charge in [0.05, 0.1) is 19.3 Å². The number of anilines is 1. The smallest absolute Gasteiger partial charge is 0.322 e. The summed E-state index contributed by atoms with van der Waals surface area (Å²) in [5, 5.41) is 2.75. The minimum absolute atomic E-state index is 0.248. The fourth-order valence-corrected chi connectivity index (χ4v) is 1.67. The van der Waals surface area contributed by atoms with Crippen molar-refractivity contribution in [1.82, 2.24) is 14.9 Å². The van der Waals surface area contributed by atoms with Crippen molar-refractivity contribution in [3.8, 4) is 5.88 Å². The first kappa shape index (κ1) is 13.8. The van der Waals surface area contributed by atoms with Crippen molar-refractivity contribution >= 4 is 11.7 Å². The summed E-state index contributed by atoms with van der Waals surface area (Å²) in [6.07, 6.45) is 3.30. The number of nitrogens with zero attached hydrogens (tertiary/aromatic N) is 3. The highest BCUT2D eigenvalue weighted by molar-refractivity contribution is 5.90. The number of nitrogens with one attached hydrogen (secondary N) is 1. The molecule has 0 unspecified atom stereocenters. The van der Waals surface area contributed by atoms with Gasteiger partial charge in [-0.3, -0.25) is 4.98 Å². The molecule has 104 valence electrons. The predicted molar refractivity (Wildman–Crippen MR) is 75.5 cm³/mol. The number of carbonyl (C=O) groups is 1. The second-order valence-corrected chi connectivity index (χ2v) is 4.17. The summed E-state index contributed by atoms with van der Waals surface area (Å²) in [4.78, 5) is 21.8. The van der Waals surface area contributed by atoms with E-state index in [0.29, 0.717) is 18.1 Å². The predicted octanol–water partition coefficient (Wildman–Crippen LogP) is 2.15. The van der Waals surface area contributed by atoms with Crippen molar-refractivity contribution in [1.29, 1.82) is 0 Å². The highest BCUT2D eigenvalue weighted by Crippen LogP contribution is 2.20. The van der Waals surface area contributed by atoms with Gasteiger partial charge in [-0.1, -0.05) is 6.07 Å². The number of ether oxygens (including phenoxy) is 1. The molecule has 2 amide bonds. The monoisotopic (exact) mass is 272 g/mol. The normalized spacial score (nSPS) is 9.90. The Morgan fingerprint density at radius 3 is 2.75 bits per heavy atom. The summed E-state index contributed by atoms with van der Waals surface area (Å²) in [7, 11) is 3.21. The Balaban J connectivity index is 2.01. The SMILES string of the molecule is COc1ncccc1NC(=O)N(C)Cc1ccccn1. The van der Waals surface area contributed by atoms with Crippen LogP contribution in [-0.4, -0.2) is 35.1 Å². The fraction of sp³-hybridized carbons (Fsp3) is 0.214. The number of carbonyl (C=O) groups excluding carboxylic acids is 1. The molecule has 6 nitrogen and oxygen atoms in total. The van der Waals surface area contributed by atoms with Gasteiger partial charge in [-0.25, -0.2) is 9.78 Å². The van der Waals surface area contributed by atoms with Crippen LogP contribution in [0.25, 0.3) is 0 Å². The van der Waals surface area contributed by atoms with Gasteiger partial charge in [-0.15, -0.1) is 0 Å². The van der Waals surface area contributed by atoms with Gasteiger partial charge in [-0.2, -0.15) is 0 Å². The van der Waals surface area contributed by atoms with Crippen molar-refractivity contribution in [3.63, 3.8) is 0 Å². The Hall–Kier alpha value is -2.63. The summed E-state index contributed by atoms with van der Waals surface area (Å²) in [5.74, 6) is 0.382. The lowest BCUT2D eigenvalue weighted by molar-refractivity contribution is 0.220. The van der Waals surface area contributed by atoms with Gasteiger partial charge in [0.2, 0.25) is 5.88 Å². The third-order valence-electron chi connectivity index (χ3n) is 2.68. The van der Waals surface area contributed by atoms with Crippen LogP contribution < -0.4 is 10.1 Å². The largest absolute Gasteiger partial charge is 0.480 e. The molecule has 0 aromatic carbocycles. The van der Waals surface area contributed by atoms with Crippen LogP contribution in [0.1, 0.15) is 5.69 Å². The minimum atomic E-state index is -0.248. The first-order valence-corrected chi connectivity index (χ1v) is 6.11. The third-order valence-corrected chi connectivity index (χ3v) is 2.68. The van der Waals surface area contributed by atoms with E-state index in [9.17, 15) is 4.79 Å². The summed E-state index contributed by atoms with van der Waals surface area (Å²) in [6.45, 7) is 0.426. The minimum Gasteiger partial charge on any atom is -0.480 e. The highest BCUT2D eigenvalue weighted by atomic mass is 16.5. The van der Waals surface area contributed by atoms with Crippen molar-refractivity contribution < 1.29 is 9.53 Å². The topological polar surface area (TPSA) is 67.3 Å². The Morgan fingerprint density at radius 2 is 2.05 bits per heavy atom. The molecule has 2 heterocycles. The van der Waals surface area contributed by atoms with E-state index in [-0.39, 0.29) is 6.03 Å². The van der Waals surface area contributed by atoms with Crippen molar-refractivity contribution in [2.75, 3.05) is 19.5 Å². The van der Waals surface area contributed by atoms with E-state index in [0.717, 1.165) is 5.69 Å². The van der Waals surface area contributed by atoms with Crippen molar-refractivity contribution in [2.24, 2.45) is 0 Å². The van der Waals surface area contributed by atoms with Crippen LogP contribution in [0.4, 0.5) is 10.5 Å². The van der Waals surface area contributed by atoms with Gasteiger partial charge in [0.15, 0.2) is 0 Å². The number of methoxy groups -OCH3 is 1. The summed E-state index contributed by atoms with van der Waals surface area (Å²) >= 11 is 0. The van der Waals surface area contributed by atoms with Crippen LogP contribution in [0.5, 0.6) is 5.88 Å². The second-order valence-electron chi connectivity index (χ2n) is 4.17. The highest BCUT2D eigenvalue weighted by Gasteiger charge is 2.12. The Bertz CT molecular complexity index is 574. The maximum absolute atomic E-state index is 12.1. The van der Waals surface area contributed by atoms with Crippen LogP contribution >= 0.6 is 0 Å². The van der Waals surface area contributed by atoms with E-state index in [1.165, 1.54) is 12.0 Å². The molecular weight excluding hydrogens is 256 g/mol. The van der Waals surface area contributed by atoms with Gasteiger partial charge in [0.25, 0.3) is 0 Å². The maximum Gasteiger partial charge on any atom is 0.322 e. The quantitative estimate of drug-likeness (QED) is 0.926. The number of hydrogen-bond acceptors (Lipinski definition) is 4. The van der Waals surface area contributed by atoms with E-state index >= 15 is 0 Å². The zero-order valence-corrected chi connectivity index (χ0v) is 11.4. The molecule has 0 aliphatic rings. The Labute approximate surface area is 117 Å². The van der Waals surface area contributed by atoms with Gasteiger partial charge in [-0.05, 0) is 24.3 Å². The molecule has 0 aliphatic heterocycles. The number of hydrogen-bond donors (Lipinski definition) is 1. The van der Waals surface area contributed by atoms with E-state index in [1.807, 2.05) is 18.2 Å². The molecule has 0 saturated heterocycles. The van der Waals surface area contributed by atoms with E-state index in [2.05, 4.69) is 15.3 Å². The molecule has 6 heteroatoms. The zero-order valence-electron chi connectivity index (χ0n) is 11.4. The van der Waals surface area contributed by atoms with Gasteiger partial charge in [0, 0.05) is 19.4 Å². The molecule has 20 heavy (non-hydrogen) atoms. The molecule has 0 radical (unpaired) electrons.